The molecule has 0 saturated carbocycles. The molecule has 1 aromatic heterocycles. The molecule has 2 aromatic rings. The van der Waals surface area contributed by atoms with Crippen LogP contribution in [0.4, 0.5) is 23.7 Å². The van der Waals surface area contributed by atoms with Crippen LogP contribution in [-0.4, -0.2) is 71.5 Å². The van der Waals surface area contributed by atoms with Crippen LogP contribution in [0.2, 0.25) is 0 Å². The second-order valence-corrected chi connectivity index (χ2v) is 12.5. The number of fused-ring (bicyclic) bond motifs is 1. The maximum atomic E-state index is 13.5. The number of nitrogens with one attached hydrogen (secondary N) is 3. The number of aromatic amines is 1. The van der Waals surface area contributed by atoms with Gasteiger partial charge in [0.1, 0.15) is 23.0 Å². The predicted octanol–water partition coefficient (Wildman–Crippen LogP) is 4.35. The molecule has 3 N–H and O–H groups in total. The molecular weight excluding hydrogens is 593 g/mol. The van der Waals surface area contributed by atoms with Crippen molar-refractivity contribution < 1.29 is 32.2 Å². The van der Waals surface area contributed by atoms with Crippen LogP contribution in [-0.2, 0) is 28.8 Å². The molecule has 0 bridgehead atoms. The van der Waals surface area contributed by atoms with Crippen LogP contribution >= 0.6 is 0 Å². The molecule has 1 fully saturated rings. The number of alkyl halides is 3. The van der Waals surface area contributed by atoms with E-state index in [1.165, 1.54) is 4.90 Å². The monoisotopic (exact) mass is 636 g/mol. The average Bonchev–Trinajstić information content (AvgIpc) is 3.37. The number of hydrogen-bond acceptors (Lipinski definition) is 8. The van der Waals surface area contributed by atoms with E-state index in [1.54, 1.807) is 0 Å². The van der Waals surface area contributed by atoms with E-state index < -0.39 is 29.0 Å². The summed E-state index contributed by atoms with van der Waals surface area (Å²) in [6.45, 7) is 8.86. The number of halogens is 3. The highest BCUT2D eigenvalue weighted by Crippen LogP contribution is 2.37. The summed E-state index contributed by atoms with van der Waals surface area (Å²) in [5, 5.41) is 11.2. The van der Waals surface area contributed by atoms with E-state index in [-0.39, 0.29) is 30.8 Å². The zero-order chi connectivity index (χ0) is 32.6. The summed E-state index contributed by atoms with van der Waals surface area (Å²) in [7, 11) is 0. The van der Waals surface area contributed by atoms with E-state index in [9.17, 15) is 27.6 Å². The number of aromatic nitrogens is 2. The fourth-order valence-electron chi connectivity index (χ4n) is 5.49. The summed E-state index contributed by atoms with van der Waals surface area (Å²) >= 11 is 0. The van der Waals surface area contributed by atoms with E-state index in [4.69, 9.17) is 9.47 Å². The quantitative estimate of drug-likeness (QED) is 0.294. The standard InChI is InChI=1S/C31H43F3N6O5/c1-30(2,3)45-29(43)36-13-7-5-4-6-12-35-26(41)20-39-14-10-23(11-15-39)44-24-9-8-21-18-40(19-22(21)16-24)25-17-37-38-28(42)27(25)31(32,33)34/h8-9,16-17,23H,4-7,10-15,18-20H2,1-3H3,(H,35,41)(H,36,43)(H,38,42). The molecule has 45 heavy (non-hydrogen) atoms. The number of H-pyrrole nitrogens is 1. The van der Waals surface area contributed by atoms with Crippen LogP contribution < -0.4 is 25.8 Å². The largest absolute Gasteiger partial charge is 0.490 e. The molecule has 1 saturated heterocycles. The molecule has 2 aliphatic heterocycles. The number of carbonyl (C=O) groups excluding carboxylic acids is 2. The SMILES string of the molecule is CC(C)(C)OC(=O)NCCCCCCNC(=O)CN1CCC(Oc2ccc3c(c2)CN(c2cn[nH]c(=O)c2C(F)(F)F)C3)CC1. The van der Waals surface area contributed by atoms with Crippen LogP contribution in [0, 0.1) is 0 Å². The van der Waals surface area contributed by atoms with Gasteiger partial charge in [0.05, 0.1) is 18.4 Å². The molecule has 1 aromatic carbocycles. The normalized spacial score (nSPS) is 15.9. The molecule has 0 aliphatic carbocycles. The molecule has 3 heterocycles. The lowest BCUT2D eigenvalue weighted by atomic mass is 10.1. The van der Waals surface area contributed by atoms with Crippen molar-refractivity contribution in [1.29, 1.82) is 0 Å². The highest BCUT2D eigenvalue weighted by molar-refractivity contribution is 5.78. The Labute approximate surface area is 260 Å². The summed E-state index contributed by atoms with van der Waals surface area (Å²) in [4.78, 5) is 39.5. The minimum atomic E-state index is -4.80. The highest BCUT2D eigenvalue weighted by atomic mass is 19.4. The van der Waals surface area contributed by atoms with Gasteiger partial charge in [-0.2, -0.15) is 18.3 Å². The first-order valence-electron chi connectivity index (χ1n) is 15.4. The van der Waals surface area contributed by atoms with Gasteiger partial charge in [-0.3, -0.25) is 14.5 Å². The first-order chi connectivity index (χ1) is 21.3. The number of unbranched alkanes of at least 4 members (excludes halogenated alkanes) is 3. The zero-order valence-corrected chi connectivity index (χ0v) is 26.1. The second-order valence-electron chi connectivity index (χ2n) is 12.5. The molecule has 2 amide bonds. The maximum Gasteiger partial charge on any atom is 0.423 e. The Hall–Kier alpha value is -3.81. The Morgan fingerprint density at radius 1 is 1.00 bits per heavy atom. The van der Waals surface area contributed by atoms with Gasteiger partial charge < -0.3 is 25.0 Å². The minimum Gasteiger partial charge on any atom is -0.490 e. The number of ether oxygens (including phenoxy) is 2. The van der Waals surface area contributed by atoms with E-state index in [1.807, 2.05) is 44.1 Å². The third-order valence-electron chi connectivity index (χ3n) is 7.66. The van der Waals surface area contributed by atoms with E-state index in [0.717, 1.165) is 68.9 Å². The summed E-state index contributed by atoms with van der Waals surface area (Å²) in [5.41, 5.74) is -1.55. The van der Waals surface area contributed by atoms with Crippen LogP contribution in [0.5, 0.6) is 5.75 Å². The molecule has 248 valence electrons. The number of hydrogen-bond donors (Lipinski definition) is 3. The molecule has 14 heteroatoms. The van der Waals surface area contributed by atoms with E-state index >= 15 is 0 Å². The maximum absolute atomic E-state index is 13.5. The summed E-state index contributed by atoms with van der Waals surface area (Å²) < 4.78 is 52.1. The van der Waals surface area contributed by atoms with Crippen molar-refractivity contribution in [2.45, 2.75) is 90.3 Å². The van der Waals surface area contributed by atoms with Crippen LogP contribution in [0.3, 0.4) is 0 Å². The topological polar surface area (TPSA) is 129 Å². The number of benzene rings is 1. The Morgan fingerprint density at radius 2 is 1.67 bits per heavy atom. The smallest absolute Gasteiger partial charge is 0.423 e. The third-order valence-corrected chi connectivity index (χ3v) is 7.66. The first kappa shape index (κ1) is 34.1. The molecule has 11 nitrogen and oxygen atoms in total. The van der Waals surface area contributed by atoms with Gasteiger partial charge in [-0.25, -0.2) is 9.89 Å². The van der Waals surface area contributed by atoms with Crippen molar-refractivity contribution in [2.75, 3.05) is 37.6 Å². The Balaban J connectivity index is 1.12. The Kier molecular flexibility index (Phi) is 11.3. The van der Waals surface area contributed by atoms with Gasteiger partial charge in [-0.05, 0) is 69.7 Å². The zero-order valence-electron chi connectivity index (χ0n) is 26.1. The average molecular weight is 637 g/mol. The van der Waals surface area contributed by atoms with Gasteiger partial charge in [0, 0.05) is 39.3 Å². The van der Waals surface area contributed by atoms with Gasteiger partial charge in [0.15, 0.2) is 0 Å². The summed E-state index contributed by atoms with van der Waals surface area (Å²) in [6, 6.07) is 5.51. The lowest BCUT2D eigenvalue weighted by Crippen LogP contribution is -2.43. The highest BCUT2D eigenvalue weighted by Gasteiger charge is 2.39. The van der Waals surface area contributed by atoms with Crippen LogP contribution in [0.1, 0.15) is 76.0 Å². The van der Waals surface area contributed by atoms with Crippen LogP contribution in [0.15, 0.2) is 29.2 Å². The van der Waals surface area contributed by atoms with Gasteiger partial charge in [0.25, 0.3) is 5.56 Å². The fraction of sp³-hybridized carbons (Fsp3) is 0.613. The van der Waals surface area contributed by atoms with Gasteiger partial charge in [-0.1, -0.05) is 18.9 Å². The molecule has 2 aliphatic rings. The predicted molar refractivity (Wildman–Crippen MR) is 162 cm³/mol. The second kappa shape index (κ2) is 15.0. The number of rotatable bonds is 12. The number of anilines is 1. The van der Waals surface area contributed by atoms with Gasteiger partial charge in [-0.15, -0.1) is 0 Å². The first-order valence-corrected chi connectivity index (χ1v) is 15.4. The molecule has 0 radical (unpaired) electrons. The Bertz CT molecular complexity index is 1370. The number of carbonyl (C=O) groups is 2. The fourth-order valence-corrected chi connectivity index (χ4v) is 5.49. The minimum absolute atomic E-state index is 0.00609. The molecule has 0 spiro atoms. The number of alkyl carbamates (subject to hydrolysis) is 1. The van der Waals surface area contributed by atoms with Crippen molar-refractivity contribution in [3.63, 3.8) is 0 Å². The summed E-state index contributed by atoms with van der Waals surface area (Å²) in [5.74, 6) is 0.640. The summed E-state index contributed by atoms with van der Waals surface area (Å²) in [6.07, 6.45) is 0.941. The van der Waals surface area contributed by atoms with E-state index in [2.05, 4.69) is 20.6 Å². The van der Waals surface area contributed by atoms with Crippen molar-refractivity contribution in [2.24, 2.45) is 0 Å². The third kappa shape index (κ3) is 10.4. The lowest BCUT2D eigenvalue weighted by Gasteiger charge is -2.31. The van der Waals surface area contributed by atoms with Crippen molar-refractivity contribution in [3.05, 3.63) is 51.4 Å². The molecule has 0 unspecified atom stereocenters. The van der Waals surface area contributed by atoms with Gasteiger partial charge in [0.2, 0.25) is 5.91 Å². The van der Waals surface area contributed by atoms with E-state index in [0.29, 0.717) is 25.4 Å². The lowest BCUT2D eigenvalue weighted by molar-refractivity contribution is -0.138. The van der Waals surface area contributed by atoms with Gasteiger partial charge >= 0.3 is 12.3 Å². The number of nitrogens with zero attached hydrogens (tertiary/aromatic N) is 3. The molecular formula is C31H43F3N6O5. The Morgan fingerprint density at radius 3 is 2.33 bits per heavy atom. The molecule has 0 atom stereocenters. The van der Waals surface area contributed by atoms with Crippen molar-refractivity contribution in [3.8, 4) is 5.75 Å². The number of piperidine rings is 1. The number of likely N-dealkylation sites (tertiary alicyclic amines) is 1. The van der Waals surface area contributed by atoms with Crippen molar-refractivity contribution in [1.82, 2.24) is 25.7 Å². The van der Waals surface area contributed by atoms with Crippen LogP contribution in [0.25, 0.3) is 0 Å². The molecule has 4 rings (SSSR count). The number of amides is 2. The van der Waals surface area contributed by atoms with Crippen molar-refractivity contribution >= 4 is 17.7 Å².